The Morgan fingerprint density at radius 2 is 0.615 bits per heavy atom. The number of rotatable bonds is 3. The van der Waals surface area contributed by atoms with Crippen LogP contribution >= 0.6 is 0 Å². The normalized spacial score (nSPS) is 9.59. The number of pyridine rings is 6. The van der Waals surface area contributed by atoms with Crippen molar-refractivity contribution in [2.75, 3.05) is 0 Å². The van der Waals surface area contributed by atoms with Gasteiger partial charge in [-0.25, -0.2) is 0 Å². The first-order chi connectivity index (χ1) is 18.7. The van der Waals surface area contributed by atoms with Gasteiger partial charge in [-0.05, 0) is 86.6 Å². The number of aryl methyl sites for hydroxylation is 2. The molecule has 0 aromatic carbocycles. The molecule has 7 heteroatoms. The summed E-state index contributed by atoms with van der Waals surface area (Å²) in [4.78, 5) is 25.6. The minimum absolute atomic E-state index is 0. The summed E-state index contributed by atoms with van der Waals surface area (Å²) in [6.07, 6.45) is 7.07. The Kier molecular flexibility index (Phi) is 11.7. The van der Waals surface area contributed by atoms with Crippen molar-refractivity contribution >= 4 is 0 Å². The van der Waals surface area contributed by atoms with E-state index in [1.54, 1.807) is 24.8 Å². The second-order valence-electron chi connectivity index (χ2n) is 8.19. The molecule has 0 fully saturated rings. The molecule has 0 saturated carbocycles. The zero-order valence-corrected chi connectivity index (χ0v) is 23.5. The van der Waals surface area contributed by atoms with Gasteiger partial charge in [0.2, 0.25) is 0 Å². The van der Waals surface area contributed by atoms with Crippen molar-refractivity contribution < 1.29 is 19.5 Å². The number of hydrogen-bond donors (Lipinski definition) is 0. The fraction of sp³-hybridized carbons (Fsp3) is 0.0625. The molecule has 0 aliphatic carbocycles. The van der Waals surface area contributed by atoms with Gasteiger partial charge in [0.1, 0.15) is 0 Å². The molecule has 0 unspecified atom stereocenters. The zero-order chi connectivity index (χ0) is 26.4. The third-order valence-electron chi connectivity index (χ3n) is 5.22. The van der Waals surface area contributed by atoms with E-state index in [1.807, 2.05) is 123 Å². The maximum atomic E-state index is 4.42. The van der Waals surface area contributed by atoms with Crippen molar-refractivity contribution in [1.29, 1.82) is 0 Å². The molecular formula is C32H28N6Ru. The average molecular weight is 598 g/mol. The molecule has 39 heavy (non-hydrogen) atoms. The van der Waals surface area contributed by atoms with Crippen LogP contribution in [-0.4, -0.2) is 29.9 Å². The van der Waals surface area contributed by atoms with E-state index in [0.717, 1.165) is 45.6 Å². The first kappa shape index (κ1) is 29.1. The van der Waals surface area contributed by atoms with Crippen LogP contribution < -0.4 is 0 Å². The summed E-state index contributed by atoms with van der Waals surface area (Å²) in [6, 6.07) is 35.1. The molecule has 194 valence electrons. The summed E-state index contributed by atoms with van der Waals surface area (Å²) >= 11 is 0. The van der Waals surface area contributed by atoms with Crippen LogP contribution in [0.1, 0.15) is 11.4 Å². The van der Waals surface area contributed by atoms with Gasteiger partial charge in [0, 0.05) is 55.7 Å². The summed E-state index contributed by atoms with van der Waals surface area (Å²) in [5.74, 6) is 0. The summed E-state index contributed by atoms with van der Waals surface area (Å²) in [7, 11) is 0. The van der Waals surface area contributed by atoms with Crippen LogP contribution in [0.5, 0.6) is 0 Å². The molecule has 6 nitrogen and oxygen atoms in total. The molecule has 6 rings (SSSR count). The summed E-state index contributed by atoms with van der Waals surface area (Å²) in [5.41, 5.74) is 7.58. The molecule has 6 aromatic rings. The predicted molar refractivity (Wildman–Crippen MR) is 152 cm³/mol. The van der Waals surface area contributed by atoms with E-state index < -0.39 is 0 Å². The summed E-state index contributed by atoms with van der Waals surface area (Å²) < 4.78 is 0. The molecule has 6 heterocycles. The Morgan fingerprint density at radius 1 is 0.333 bits per heavy atom. The first-order valence-corrected chi connectivity index (χ1v) is 12.2. The third kappa shape index (κ3) is 9.40. The van der Waals surface area contributed by atoms with E-state index in [4.69, 9.17) is 0 Å². The van der Waals surface area contributed by atoms with Crippen molar-refractivity contribution in [3.8, 4) is 34.2 Å². The molecule has 0 aliphatic rings. The topological polar surface area (TPSA) is 77.3 Å². The van der Waals surface area contributed by atoms with Crippen LogP contribution in [0.25, 0.3) is 34.2 Å². The van der Waals surface area contributed by atoms with Gasteiger partial charge in [-0.1, -0.05) is 36.4 Å². The Bertz CT molecular complexity index is 1320. The first-order valence-electron chi connectivity index (χ1n) is 12.2. The van der Waals surface area contributed by atoms with Crippen molar-refractivity contribution in [3.63, 3.8) is 0 Å². The SMILES string of the molecule is Cc1cccc(-c2cccc(C)n2)n1.[Ru].c1ccc(-c2ccccn2)nc1.c1ccc(-c2ccccn2)nc1. The monoisotopic (exact) mass is 598 g/mol. The van der Waals surface area contributed by atoms with Gasteiger partial charge in [0.25, 0.3) is 0 Å². The van der Waals surface area contributed by atoms with E-state index in [1.165, 1.54) is 0 Å². The molecule has 0 aliphatic heterocycles. The maximum Gasteiger partial charge on any atom is 0.0889 e. The van der Waals surface area contributed by atoms with Gasteiger partial charge >= 0.3 is 0 Å². The molecule has 0 amide bonds. The van der Waals surface area contributed by atoms with Gasteiger partial charge < -0.3 is 0 Å². The fourth-order valence-corrected chi connectivity index (χ4v) is 3.43. The van der Waals surface area contributed by atoms with E-state index >= 15 is 0 Å². The number of nitrogens with zero attached hydrogens (tertiary/aromatic N) is 6. The van der Waals surface area contributed by atoms with Crippen LogP contribution in [0.2, 0.25) is 0 Å². The maximum absolute atomic E-state index is 4.42. The zero-order valence-electron chi connectivity index (χ0n) is 21.7. The second-order valence-corrected chi connectivity index (χ2v) is 8.19. The Hall–Kier alpha value is -4.48. The van der Waals surface area contributed by atoms with Crippen LogP contribution in [0.3, 0.4) is 0 Å². The number of aromatic nitrogens is 6. The third-order valence-corrected chi connectivity index (χ3v) is 5.22. The Labute approximate surface area is 242 Å². The van der Waals surface area contributed by atoms with Crippen LogP contribution in [0.4, 0.5) is 0 Å². The molecule has 6 aromatic heterocycles. The van der Waals surface area contributed by atoms with Gasteiger partial charge in [-0.2, -0.15) is 0 Å². The molecule has 0 atom stereocenters. The van der Waals surface area contributed by atoms with E-state index in [9.17, 15) is 0 Å². The smallest absolute Gasteiger partial charge is 0.0889 e. The minimum Gasteiger partial charge on any atom is -0.255 e. The standard InChI is InChI=1S/C12H12N2.2C10H8N2.Ru/c1-9-5-3-7-11(13-9)12-8-4-6-10(2)14-12;2*1-3-7-11-9(5-1)10-6-2-4-8-12-10;/h3-8H,1-2H3;2*1-8H;. The quantitative estimate of drug-likeness (QED) is 0.204. The van der Waals surface area contributed by atoms with Crippen molar-refractivity contribution in [2.24, 2.45) is 0 Å². The molecule has 0 N–H and O–H groups in total. The van der Waals surface area contributed by atoms with Gasteiger partial charge in [0.05, 0.1) is 34.2 Å². The van der Waals surface area contributed by atoms with Gasteiger partial charge in [-0.3, -0.25) is 29.9 Å². The largest absolute Gasteiger partial charge is 0.255 e. The average Bonchev–Trinajstić information content (AvgIpc) is 3.00. The molecular weight excluding hydrogens is 569 g/mol. The molecule has 0 spiro atoms. The fourth-order valence-electron chi connectivity index (χ4n) is 3.43. The predicted octanol–water partition coefficient (Wildman–Crippen LogP) is 7.05. The van der Waals surface area contributed by atoms with Crippen LogP contribution in [0, 0.1) is 13.8 Å². The second kappa shape index (κ2) is 15.7. The molecule has 0 bridgehead atoms. The van der Waals surface area contributed by atoms with Crippen LogP contribution in [-0.2, 0) is 19.5 Å². The van der Waals surface area contributed by atoms with E-state index in [-0.39, 0.29) is 19.5 Å². The summed E-state index contributed by atoms with van der Waals surface area (Å²) in [6.45, 7) is 3.97. The number of hydrogen-bond acceptors (Lipinski definition) is 6. The van der Waals surface area contributed by atoms with Crippen molar-refractivity contribution in [3.05, 3.63) is 145 Å². The van der Waals surface area contributed by atoms with Gasteiger partial charge in [-0.15, -0.1) is 0 Å². The molecule has 0 saturated heterocycles. The van der Waals surface area contributed by atoms with Crippen molar-refractivity contribution in [2.45, 2.75) is 13.8 Å². The van der Waals surface area contributed by atoms with Crippen molar-refractivity contribution in [1.82, 2.24) is 29.9 Å². The van der Waals surface area contributed by atoms with E-state index in [0.29, 0.717) is 0 Å². The molecule has 0 radical (unpaired) electrons. The van der Waals surface area contributed by atoms with E-state index in [2.05, 4.69) is 29.9 Å². The summed E-state index contributed by atoms with van der Waals surface area (Å²) in [5, 5.41) is 0. The minimum atomic E-state index is 0. The Morgan fingerprint density at radius 3 is 0.846 bits per heavy atom. The van der Waals surface area contributed by atoms with Gasteiger partial charge in [0.15, 0.2) is 0 Å². The Balaban J connectivity index is 0.000000160. The van der Waals surface area contributed by atoms with Crippen LogP contribution in [0.15, 0.2) is 134 Å².